The predicted octanol–water partition coefficient (Wildman–Crippen LogP) is 3.75. The number of hydrogen-bond acceptors (Lipinski definition) is 5. The van der Waals surface area contributed by atoms with Crippen molar-refractivity contribution in [3.63, 3.8) is 0 Å². The number of rotatable bonds is 5. The molecule has 2 aliphatic heterocycles. The summed E-state index contributed by atoms with van der Waals surface area (Å²) in [4.78, 5) is 24.7. The Bertz CT molecular complexity index is 1190. The monoisotopic (exact) mass is 465 g/mol. The van der Waals surface area contributed by atoms with Crippen LogP contribution < -0.4 is 20.1 Å². The standard InChI is InChI=1S/C18H16N2O2.C8H15NO3/c1-2-4-14-12(3-1)13-7-8-19-17(18(13)20-14)11-5-6-15-16(9-11)22-10-21-15;1-5(2)4-7(8(11)12)9-6(3)10/h1-6,9,17,19-20H,7-8,10H2;5,7H,4H2,1-3H3,(H,9,10)(H,11,12)/t17-;7-/m01/s1. The Labute approximate surface area is 198 Å². The topological polar surface area (TPSA) is 113 Å². The summed E-state index contributed by atoms with van der Waals surface area (Å²) in [6, 6.07) is 14.1. The van der Waals surface area contributed by atoms with Gasteiger partial charge in [0.2, 0.25) is 12.7 Å². The van der Waals surface area contributed by atoms with Crippen LogP contribution in [0.15, 0.2) is 42.5 Å². The Morgan fingerprint density at radius 2 is 1.91 bits per heavy atom. The molecule has 2 atom stereocenters. The number of aromatic nitrogens is 1. The summed E-state index contributed by atoms with van der Waals surface area (Å²) < 4.78 is 10.9. The van der Waals surface area contributed by atoms with Gasteiger partial charge in [-0.1, -0.05) is 38.1 Å². The molecule has 0 spiro atoms. The Hall–Kier alpha value is -3.52. The lowest BCUT2D eigenvalue weighted by atomic mass is 9.94. The molecule has 3 heterocycles. The first kappa shape index (κ1) is 23.6. The first-order valence-electron chi connectivity index (χ1n) is 11.6. The molecule has 2 aromatic carbocycles. The number of aromatic amines is 1. The van der Waals surface area contributed by atoms with Gasteiger partial charge in [0, 0.05) is 30.1 Å². The van der Waals surface area contributed by atoms with Crippen molar-refractivity contribution in [2.75, 3.05) is 13.3 Å². The van der Waals surface area contributed by atoms with Gasteiger partial charge < -0.3 is 30.2 Å². The van der Waals surface area contributed by atoms with E-state index in [9.17, 15) is 9.59 Å². The smallest absolute Gasteiger partial charge is 0.326 e. The minimum absolute atomic E-state index is 0.172. The predicted molar refractivity (Wildman–Crippen MR) is 129 cm³/mol. The SMILES string of the molecule is CC(=O)N[C@H](CC(C)C)C(=O)O.c1ccc2c3c([nH]c2c1)[C@H](c1ccc2c(c1)OCO2)NCC3. The van der Waals surface area contributed by atoms with Gasteiger partial charge in [-0.2, -0.15) is 0 Å². The van der Waals surface area contributed by atoms with Gasteiger partial charge in [0.1, 0.15) is 6.04 Å². The third kappa shape index (κ3) is 5.17. The van der Waals surface area contributed by atoms with Crippen molar-refractivity contribution < 1.29 is 24.2 Å². The molecular weight excluding hydrogens is 434 g/mol. The molecule has 2 aliphatic rings. The van der Waals surface area contributed by atoms with Crippen molar-refractivity contribution in [1.29, 1.82) is 0 Å². The van der Waals surface area contributed by atoms with Crippen LogP contribution in [0.5, 0.6) is 11.5 Å². The van der Waals surface area contributed by atoms with Gasteiger partial charge in [-0.05, 0) is 48.1 Å². The summed E-state index contributed by atoms with van der Waals surface area (Å²) in [5.41, 5.74) is 5.11. The molecule has 5 rings (SSSR count). The van der Waals surface area contributed by atoms with E-state index in [1.165, 1.54) is 34.6 Å². The van der Waals surface area contributed by atoms with Gasteiger partial charge in [-0.3, -0.25) is 4.79 Å². The number of aliphatic carboxylic acids is 1. The molecule has 0 bridgehead atoms. The fourth-order valence-electron chi connectivity index (χ4n) is 4.50. The van der Waals surface area contributed by atoms with Crippen LogP contribution in [0.3, 0.4) is 0 Å². The first-order valence-corrected chi connectivity index (χ1v) is 11.6. The van der Waals surface area contributed by atoms with Crippen LogP contribution in [-0.2, 0) is 16.0 Å². The Morgan fingerprint density at radius 1 is 1.15 bits per heavy atom. The second-order valence-corrected chi connectivity index (χ2v) is 9.03. The van der Waals surface area contributed by atoms with E-state index in [1.807, 2.05) is 19.9 Å². The van der Waals surface area contributed by atoms with Crippen LogP contribution in [-0.4, -0.2) is 41.3 Å². The van der Waals surface area contributed by atoms with Gasteiger partial charge in [0.25, 0.3) is 0 Å². The molecule has 0 fully saturated rings. The number of nitrogens with one attached hydrogen (secondary N) is 3. The lowest BCUT2D eigenvalue weighted by Gasteiger charge is -2.25. The van der Waals surface area contributed by atoms with Crippen molar-refractivity contribution in [3.05, 3.63) is 59.3 Å². The zero-order valence-electron chi connectivity index (χ0n) is 19.7. The normalized spacial score (nSPS) is 17.0. The van der Waals surface area contributed by atoms with Crippen molar-refractivity contribution in [3.8, 4) is 11.5 Å². The van der Waals surface area contributed by atoms with E-state index in [1.54, 1.807) is 0 Å². The minimum Gasteiger partial charge on any atom is -0.480 e. The summed E-state index contributed by atoms with van der Waals surface area (Å²) in [6.45, 7) is 6.44. The number of ether oxygens (including phenoxy) is 2. The number of H-pyrrole nitrogens is 1. The van der Waals surface area contributed by atoms with Crippen LogP contribution in [0.4, 0.5) is 0 Å². The molecule has 4 N–H and O–H groups in total. The lowest BCUT2D eigenvalue weighted by Crippen LogP contribution is -2.40. The molecule has 3 aromatic rings. The van der Waals surface area contributed by atoms with Crippen molar-refractivity contribution in [2.24, 2.45) is 5.92 Å². The fraction of sp³-hybridized carbons (Fsp3) is 0.385. The summed E-state index contributed by atoms with van der Waals surface area (Å²) in [5.74, 6) is 0.652. The average molecular weight is 466 g/mol. The Kier molecular flexibility index (Phi) is 7.07. The quantitative estimate of drug-likeness (QED) is 0.457. The summed E-state index contributed by atoms with van der Waals surface area (Å²) in [6.07, 6.45) is 1.52. The van der Waals surface area contributed by atoms with Gasteiger partial charge in [0.05, 0.1) is 6.04 Å². The Morgan fingerprint density at radius 3 is 2.65 bits per heavy atom. The van der Waals surface area contributed by atoms with Gasteiger partial charge >= 0.3 is 5.97 Å². The van der Waals surface area contributed by atoms with E-state index in [-0.39, 0.29) is 17.9 Å². The molecule has 0 saturated carbocycles. The van der Waals surface area contributed by atoms with Gasteiger partial charge in [-0.25, -0.2) is 4.79 Å². The molecule has 180 valence electrons. The zero-order valence-corrected chi connectivity index (χ0v) is 19.7. The maximum atomic E-state index is 10.6. The van der Waals surface area contributed by atoms with Gasteiger partial charge in [-0.15, -0.1) is 0 Å². The first-order chi connectivity index (χ1) is 16.3. The highest BCUT2D eigenvalue weighted by molar-refractivity contribution is 5.85. The summed E-state index contributed by atoms with van der Waals surface area (Å²) in [5, 5.41) is 16.0. The molecule has 0 radical (unpaired) electrons. The van der Waals surface area contributed by atoms with E-state index in [0.717, 1.165) is 24.5 Å². The summed E-state index contributed by atoms with van der Waals surface area (Å²) in [7, 11) is 0. The number of fused-ring (bicyclic) bond motifs is 4. The molecular formula is C26H31N3O5. The zero-order chi connectivity index (χ0) is 24.2. The number of amides is 1. The second-order valence-electron chi connectivity index (χ2n) is 9.03. The van der Waals surface area contributed by atoms with E-state index >= 15 is 0 Å². The second kappa shape index (κ2) is 10.2. The van der Waals surface area contributed by atoms with Crippen LogP contribution >= 0.6 is 0 Å². The molecule has 34 heavy (non-hydrogen) atoms. The largest absolute Gasteiger partial charge is 0.480 e. The maximum absolute atomic E-state index is 10.6. The van der Waals surface area contributed by atoms with Crippen molar-refractivity contribution in [2.45, 2.75) is 45.7 Å². The van der Waals surface area contributed by atoms with E-state index in [4.69, 9.17) is 14.6 Å². The molecule has 8 heteroatoms. The molecule has 0 saturated heterocycles. The maximum Gasteiger partial charge on any atom is 0.326 e. The van der Waals surface area contributed by atoms with E-state index in [2.05, 4.69) is 52.0 Å². The van der Waals surface area contributed by atoms with Crippen LogP contribution in [0, 0.1) is 5.92 Å². The number of carboxylic acids is 1. The molecule has 8 nitrogen and oxygen atoms in total. The average Bonchev–Trinajstić information content (AvgIpc) is 3.42. The highest BCUT2D eigenvalue weighted by Crippen LogP contribution is 2.38. The number of carboxylic acid groups (broad SMARTS) is 1. The summed E-state index contributed by atoms with van der Waals surface area (Å²) >= 11 is 0. The minimum atomic E-state index is -0.973. The van der Waals surface area contributed by atoms with Crippen molar-refractivity contribution >= 4 is 22.8 Å². The number of carbonyl (C=O) groups excluding carboxylic acids is 1. The number of hydrogen-bond donors (Lipinski definition) is 4. The van der Waals surface area contributed by atoms with Crippen molar-refractivity contribution in [1.82, 2.24) is 15.6 Å². The number of carbonyl (C=O) groups is 2. The van der Waals surface area contributed by atoms with Crippen LogP contribution in [0.25, 0.3) is 10.9 Å². The third-order valence-corrected chi connectivity index (χ3v) is 5.97. The van der Waals surface area contributed by atoms with Crippen LogP contribution in [0.1, 0.15) is 50.1 Å². The van der Waals surface area contributed by atoms with E-state index < -0.39 is 12.0 Å². The Balaban J connectivity index is 0.000000197. The van der Waals surface area contributed by atoms with Crippen LogP contribution in [0.2, 0.25) is 0 Å². The number of para-hydroxylation sites is 1. The third-order valence-electron chi connectivity index (χ3n) is 5.97. The molecule has 0 unspecified atom stereocenters. The van der Waals surface area contributed by atoms with Gasteiger partial charge in [0.15, 0.2) is 11.5 Å². The molecule has 1 amide bonds. The molecule has 1 aromatic heterocycles. The molecule has 0 aliphatic carbocycles. The van der Waals surface area contributed by atoms with E-state index in [0.29, 0.717) is 13.2 Å². The lowest BCUT2D eigenvalue weighted by molar-refractivity contribution is -0.142. The fourth-order valence-corrected chi connectivity index (χ4v) is 4.50. The number of benzene rings is 2. The highest BCUT2D eigenvalue weighted by atomic mass is 16.7. The highest BCUT2D eigenvalue weighted by Gasteiger charge is 2.26.